The third-order valence-corrected chi connectivity index (χ3v) is 11.9. The predicted octanol–water partition coefficient (Wildman–Crippen LogP) is 6.36. The number of piperidine rings is 2. The molecule has 6 rings (SSSR count). The van der Waals surface area contributed by atoms with Gasteiger partial charge >= 0.3 is 24.3 Å². The van der Waals surface area contributed by atoms with Crippen LogP contribution in [0.4, 0.5) is 34.1 Å². The topological polar surface area (TPSA) is 147 Å². The van der Waals surface area contributed by atoms with Crippen molar-refractivity contribution in [2.75, 3.05) is 70.1 Å². The van der Waals surface area contributed by atoms with Crippen molar-refractivity contribution in [1.82, 2.24) is 19.6 Å². The smallest absolute Gasteiger partial charge is 0.418 e. The average Bonchev–Trinajstić information content (AvgIpc) is 3.35. The number of para-hydroxylation sites is 1. The molecule has 0 bridgehead atoms. The Morgan fingerprint density at radius 2 is 1.64 bits per heavy atom. The summed E-state index contributed by atoms with van der Waals surface area (Å²) < 4.78 is 58.5. The fourth-order valence-electron chi connectivity index (χ4n) is 8.18. The molecule has 4 aliphatic rings. The number of alkyl halides is 3. The monoisotopic (exact) mass is 834 g/mol. The van der Waals surface area contributed by atoms with Crippen molar-refractivity contribution in [3.8, 4) is 0 Å². The summed E-state index contributed by atoms with van der Waals surface area (Å²) in [5.74, 6) is -0.882. The number of hydrogen-bond donors (Lipinski definition) is 2. The van der Waals surface area contributed by atoms with Crippen molar-refractivity contribution in [1.29, 1.82) is 0 Å². The van der Waals surface area contributed by atoms with E-state index in [1.165, 1.54) is 11.0 Å². The third kappa shape index (κ3) is 11.1. The lowest BCUT2D eigenvalue weighted by Gasteiger charge is -2.47. The minimum Gasteiger partial charge on any atom is -0.464 e. The molecule has 318 valence electrons. The van der Waals surface area contributed by atoms with Gasteiger partial charge in [0.25, 0.3) is 5.91 Å². The average molecular weight is 835 g/mol. The Balaban J connectivity index is 1.03. The van der Waals surface area contributed by atoms with E-state index in [4.69, 9.17) is 31.5 Å². The van der Waals surface area contributed by atoms with Gasteiger partial charge in [0.2, 0.25) is 0 Å². The Morgan fingerprint density at radius 3 is 2.34 bits per heavy atom. The normalized spacial score (nSPS) is 19.2. The second-order valence-corrected chi connectivity index (χ2v) is 16.0. The van der Waals surface area contributed by atoms with Crippen LogP contribution in [0.3, 0.4) is 0 Å². The number of ether oxygens (including phenoxy) is 3. The predicted molar refractivity (Wildman–Crippen MR) is 211 cm³/mol. The van der Waals surface area contributed by atoms with E-state index in [1.54, 1.807) is 9.80 Å². The van der Waals surface area contributed by atoms with Gasteiger partial charge in [0.15, 0.2) is 6.10 Å². The number of anilines is 2. The number of benzene rings is 2. The number of nitrogen functional groups attached to an aromatic ring is 1. The Labute approximate surface area is 342 Å². The first kappa shape index (κ1) is 43.3. The maximum atomic E-state index is 14.1. The van der Waals surface area contributed by atoms with Gasteiger partial charge in [0.1, 0.15) is 6.61 Å². The largest absolute Gasteiger partial charge is 0.464 e. The Kier molecular flexibility index (Phi) is 14.7. The number of likely N-dealkylation sites (tertiary alicyclic amines) is 3. The summed E-state index contributed by atoms with van der Waals surface area (Å²) >= 11 is 6.13. The zero-order valence-electron chi connectivity index (χ0n) is 32.9. The summed E-state index contributed by atoms with van der Waals surface area (Å²) in [5.41, 5.74) is 5.79. The van der Waals surface area contributed by atoms with Crippen molar-refractivity contribution < 1.29 is 46.6 Å². The van der Waals surface area contributed by atoms with Crippen LogP contribution in [0.25, 0.3) is 0 Å². The van der Waals surface area contributed by atoms with E-state index in [9.17, 15) is 32.3 Å². The van der Waals surface area contributed by atoms with E-state index in [-0.39, 0.29) is 66.9 Å². The number of halogens is 4. The molecular formula is C41H54ClF3N6O7. The van der Waals surface area contributed by atoms with Crippen LogP contribution in [0.1, 0.15) is 75.0 Å². The second kappa shape index (κ2) is 19.6. The fraction of sp³-hybridized carbons (Fsp3) is 0.610. The van der Waals surface area contributed by atoms with Crippen LogP contribution < -0.4 is 11.1 Å². The quantitative estimate of drug-likeness (QED) is 0.126. The summed E-state index contributed by atoms with van der Waals surface area (Å²) in [5, 5.41) is 2.66. The molecule has 0 unspecified atom stereocenters. The minimum absolute atomic E-state index is 0.0476. The second-order valence-electron chi connectivity index (χ2n) is 15.6. The number of hydrogen-bond acceptors (Lipinski definition) is 9. The Morgan fingerprint density at radius 1 is 0.948 bits per heavy atom. The number of rotatable bonds is 14. The zero-order valence-corrected chi connectivity index (χ0v) is 33.7. The van der Waals surface area contributed by atoms with E-state index >= 15 is 0 Å². The molecule has 4 heterocycles. The molecule has 4 amide bonds. The fourth-order valence-corrected chi connectivity index (χ4v) is 8.43. The molecule has 58 heavy (non-hydrogen) atoms. The number of carbonyl (C=O) groups is 4. The molecule has 0 saturated carbocycles. The highest BCUT2D eigenvalue weighted by Crippen LogP contribution is 2.38. The Bertz CT molecular complexity index is 1760. The highest BCUT2D eigenvalue weighted by molar-refractivity contribution is 6.33. The number of unbranched alkanes of at least 4 members (excludes halogenated alkanes) is 3. The standard InChI is InChI=1S/C41H54ClF3N6O7/c1-2-3-4-7-20-56-36(52)26-57-31-24-50(25-31)29-11-15-48(16-12-29)38(53)35(23-27-21-32(41(43,44)45)37(46)33(42)22-27)58-40(55)49-17-13-30(14-18-49)51-19-10-28-8-5-6-9-34(28)47-39(51)54/h5-6,8-9,21-22,29-31,35H,2-4,7,10-20,23-26,46H2,1H3,(H,47,54)/t35-/m1/s1. The first-order valence-electron chi connectivity index (χ1n) is 20.4. The van der Waals surface area contributed by atoms with Crippen LogP contribution in [0, 0.1) is 0 Å². The first-order valence-corrected chi connectivity index (χ1v) is 20.7. The number of urea groups is 1. The van der Waals surface area contributed by atoms with Gasteiger partial charge in [0.05, 0.1) is 29.0 Å². The van der Waals surface area contributed by atoms with Gasteiger partial charge in [-0.3, -0.25) is 9.69 Å². The molecule has 2 aromatic rings. The van der Waals surface area contributed by atoms with Gasteiger partial charge in [-0.15, -0.1) is 0 Å². The van der Waals surface area contributed by atoms with Crippen molar-refractivity contribution in [3.05, 3.63) is 58.1 Å². The molecule has 17 heteroatoms. The van der Waals surface area contributed by atoms with Crippen LogP contribution in [-0.4, -0.2) is 127 Å². The highest BCUT2D eigenvalue weighted by atomic mass is 35.5. The van der Waals surface area contributed by atoms with Gasteiger partial charge in [-0.2, -0.15) is 13.2 Å². The summed E-state index contributed by atoms with van der Waals surface area (Å²) in [7, 11) is 0. The van der Waals surface area contributed by atoms with Gasteiger partial charge in [-0.25, -0.2) is 14.4 Å². The van der Waals surface area contributed by atoms with Crippen LogP contribution in [0.15, 0.2) is 36.4 Å². The minimum atomic E-state index is -4.79. The lowest BCUT2D eigenvalue weighted by Crippen LogP contribution is -2.59. The number of nitrogens with two attached hydrogens (primary N) is 1. The molecule has 3 saturated heterocycles. The summed E-state index contributed by atoms with van der Waals surface area (Å²) in [4.78, 5) is 60.0. The van der Waals surface area contributed by atoms with E-state index in [0.29, 0.717) is 71.4 Å². The maximum absolute atomic E-state index is 14.1. The van der Waals surface area contributed by atoms with Gasteiger partial charge in [-0.1, -0.05) is 56.0 Å². The van der Waals surface area contributed by atoms with Gasteiger partial charge < -0.3 is 40.0 Å². The molecule has 13 nitrogen and oxygen atoms in total. The van der Waals surface area contributed by atoms with Crippen molar-refractivity contribution in [2.45, 2.75) is 102 Å². The molecule has 0 radical (unpaired) electrons. The first-order chi connectivity index (χ1) is 27.8. The molecule has 3 N–H and O–H groups in total. The van der Waals surface area contributed by atoms with Crippen molar-refractivity contribution in [3.63, 3.8) is 0 Å². The Hall–Kier alpha value is -4.28. The number of nitrogens with one attached hydrogen (secondary N) is 1. The molecule has 2 aromatic carbocycles. The molecule has 3 fully saturated rings. The number of esters is 1. The number of amides is 4. The van der Waals surface area contributed by atoms with Gasteiger partial charge in [-0.05, 0) is 67.9 Å². The lowest BCUT2D eigenvalue weighted by molar-refractivity contribution is -0.157. The summed E-state index contributed by atoms with van der Waals surface area (Å²) in [6.45, 7) is 5.48. The summed E-state index contributed by atoms with van der Waals surface area (Å²) in [6, 6.07) is 9.60. The van der Waals surface area contributed by atoms with E-state index in [0.717, 1.165) is 43.0 Å². The highest BCUT2D eigenvalue weighted by Gasteiger charge is 2.40. The number of carbonyl (C=O) groups excluding carboxylic acids is 4. The SMILES string of the molecule is CCCCCCOC(=O)COC1CN(C2CCN(C(=O)[C@@H](Cc3cc(Cl)c(N)c(C(F)(F)F)c3)OC(=O)N3CCC(N4CCc5ccccc5NC4=O)CC3)CC2)C1. The van der Waals surface area contributed by atoms with E-state index in [1.807, 2.05) is 24.3 Å². The molecule has 0 spiro atoms. The molecule has 0 aliphatic carbocycles. The van der Waals surface area contributed by atoms with Gasteiger partial charge in [0, 0.05) is 70.0 Å². The van der Waals surface area contributed by atoms with Crippen LogP contribution in [-0.2, 0) is 42.8 Å². The zero-order chi connectivity index (χ0) is 41.4. The van der Waals surface area contributed by atoms with Crippen LogP contribution in [0.2, 0.25) is 5.02 Å². The lowest BCUT2D eigenvalue weighted by atomic mass is 9.97. The molecule has 0 aromatic heterocycles. The molecular weight excluding hydrogens is 781 g/mol. The van der Waals surface area contributed by atoms with E-state index < -0.39 is 35.5 Å². The van der Waals surface area contributed by atoms with Crippen molar-refractivity contribution >= 4 is 47.0 Å². The van der Waals surface area contributed by atoms with Crippen LogP contribution >= 0.6 is 11.6 Å². The maximum Gasteiger partial charge on any atom is 0.418 e. The van der Waals surface area contributed by atoms with E-state index in [2.05, 4.69) is 17.1 Å². The van der Waals surface area contributed by atoms with Crippen LogP contribution in [0.5, 0.6) is 0 Å². The van der Waals surface area contributed by atoms with Crippen molar-refractivity contribution in [2.24, 2.45) is 0 Å². The third-order valence-electron chi connectivity index (χ3n) is 11.6. The molecule has 1 atom stereocenters. The summed E-state index contributed by atoms with van der Waals surface area (Å²) in [6.07, 6.45) is -0.408. The molecule has 4 aliphatic heterocycles. The number of nitrogens with zero attached hydrogens (tertiary/aromatic N) is 4. The number of fused-ring (bicyclic) bond motifs is 1.